The lowest BCUT2D eigenvalue weighted by Crippen LogP contribution is -2.56. The number of allylic oxidation sites excluding steroid dienone is 1. The van der Waals surface area contributed by atoms with E-state index in [0.717, 1.165) is 23.7 Å². The second-order valence-corrected chi connectivity index (χ2v) is 18.9. The van der Waals surface area contributed by atoms with Crippen molar-refractivity contribution in [3.05, 3.63) is 77.4 Å². The van der Waals surface area contributed by atoms with Crippen LogP contribution in [0.5, 0.6) is 11.5 Å². The van der Waals surface area contributed by atoms with Gasteiger partial charge in [0.25, 0.3) is 0 Å². The summed E-state index contributed by atoms with van der Waals surface area (Å²) in [5.41, 5.74) is -0.581. The number of Topliss-reactive ketones (excluding diaryl/α,β-unsaturated/α-hetero) is 1. The zero-order valence-corrected chi connectivity index (χ0v) is 37.6. The van der Waals surface area contributed by atoms with Crippen LogP contribution in [0.25, 0.3) is 22.3 Å². The fourth-order valence-corrected chi connectivity index (χ4v) is 9.09. The molecule has 2 fully saturated rings. The monoisotopic (exact) mass is 898 g/mol. The summed E-state index contributed by atoms with van der Waals surface area (Å²) in [4.78, 5) is 80.4. The molecule has 6 atom stereocenters. The van der Waals surface area contributed by atoms with Gasteiger partial charge in [-0.2, -0.15) is 0 Å². The van der Waals surface area contributed by atoms with E-state index >= 15 is 0 Å². The summed E-state index contributed by atoms with van der Waals surface area (Å²) in [5.74, 6) is -2.93. The molecule has 3 aliphatic rings. The van der Waals surface area contributed by atoms with Gasteiger partial charge in [-0.15, -0.1) is 11.3 Å². The Labute approximate surface area is 375 Å². The average molecular weight is 899 g/mol. The molecule has 2 aromatic carbocycles. The van der Waals surface area contributed by atoms with Gasteiger partial charge in [0.15, 0.2) is 11.2 Å². The molecule has 2 aliphatic heterocycles. The number of methoxy groups -OCH3 is 1. The van der Waals surface area contributed by atoms with E-state index in [-0.39, 0.29) is 37.4 Å². The number of alkyl carbamates (subject to hydrolysis) is 1. The second kappa shape index (κ2) is 18.9. The number of benzene rings is 2. The number of aliphatic carboxylic acids is 1. The standard InChI is InChI=1S/C47H55FN6O9S/c1-26(2)49-44-51-36(25-64-44)35-22-38(32-19-18-30(61-6)20-34(32)50-35)62-31-21-37-41(56)53-47(43(58)59)23-28(47)12-10-8-7-9-11-13-33(42(57)54(37)24-31)52-45(60)63-40(46(3,4)5)39(55)27-14-16-29(48)17-15-27/h10,12,14-20,22,25-26,28,31,33,37,40H,7-9,11,13,21,23-24H2,1-6H3,(H,49,51)(H,52,60)(H,53,56)(H,58,59)/t28?,31-,33+,37+,40-,47-/m1/s1. The number of carbonyl (C=O) groups is 5. The van der Waals surface area contributed by atoms with E-state index in [2.05, 4.69) is 16.0 Å². The molecule has 2 aromatic heterocycles. The fraction of sp³-hybridized carbons (Fsp3) is 0.468. The first kappa shape index (κ1) is 45.9. The molecule has 1 unspecified atom stereocenters. The van der Waals surface area contributed by atoms with Crippen LogP contribution in [0.3, 0.4) is 0 Å². The van der Waals surface area contributed by atoms with Crippen molar-refractivity contribution in [3.8, 4) is 22.9 Å². The van der Waals surface area contributed by atoms with Crippen LogP contribution in [0.1, 0.15) is 89.9 Å². The molecule has 17 heteroatoms. The highest BCUT2D eigenvalue weighted by Gasteiger charge is 2.61. The summed E-state index contributed by atoms with van der Waals surface area (Å²) < 4.78 is 31.8. The minimum atomic E-state index is -1.53. The van der Waals surface area contributed by atoms with Gasteiger partial charge in [0.05, 0.1) is 24.9 Å². The van der Waals surface area contributed by atoms with Crippen molar-refractivity contribution in [1.82, 2.24) is 25.5 Å². The number of ether oxygens (including phenoxy) is 3. The Bertz CT molecular complexity index is 2430. The molecule has 64 heavy (non-hydrogen) atoms. The molecule has 15 nitrogen and oxygen atoms in total. The van der Waals surface area contributed by atoms with E-state index in [1.807, 2.05) is 37.4 Å². The van der Waals surface area contributed by atoms with Crippen LogP contribution in [-0.4, -0.2) is 99.2 Å². The summed E-state index contributed by atoms with van der Waals surface area (Å²) in [6.45, 7) is 9.12. The van der Waals surface area contributed by atoms with Gasteiger partial charge in [-0.1, -0.05) is 45.8 Å². The number of fused-ring (bicyclic) bond motifs is 3. The third-order valence-electron chi connectivity index (χ3n) is 11.7. The van der Waals surface area contributed by atoms with E-state index in [9.17, 15) is 33.5 Å². The Hall–Kier alpha value is -6.10. The van der Waals surface area contributed by atoms with Crippen molar-refractivity contribution in [1.29, 1.82) is 0 Å². The lowest BCUT2D eigenvalue weighted by Gasteiger charge is -2.31. The Morgan fingerprint density at radius 3 is 2.50 bits per heavy atom. The maximum Gasteiger partial charge on any atom is 0.408 e. The molecule has 340 valence electrons. The second-order valence-electron chi connectivity index (χ2n) is 18.1. The van der Waals surface area contributed by atoms with E-state index in [4.69, 9.17) is 24.2 Å². The number of pyridine rings is 1. The number of amides is 3. The first-order valence-electron chi connectivity index (χ1n) is 21.6. The number of hydrogen-bond donors (Lipinski definition) is 4. The van der Waals surface area contributed by atoms with Gasteiger partial charge in [-0.3, -0.25) is 14.4 Å². The van der Waals surface area contributed by atoms with Gasteiger partial charge in [-0.05, 0) is 75.9 Å². The number of anilines is 1. The number of ketones is 1. The summed E-state index contributed by atoms with van der Waals surface area (Å²) in [6.07, 6.45) is 3.67. The van der Waals surface area contributed by atoms with E-state index in [0.29, 0.717) is 53.1 Å². The van der Waals surface area contributed by atoms with Crippen LogP contribution in [-0.2, 0) is 19.1 Å². The highest BCUT2D eigenvalue weighted by Crippen LogP contribution is 2.46. The normalized spacial score (nSPS) is 23.2. The largest absolute Gasteiger partial charge is 0.497 e. The Balaban J connectivity index is 1.20. The number of hydrogen-bond acceptors (Lipinski definition) is 12. The number of nitrogens with one attached hydrogen (secondary N) is 3. The summed E-state index contributed by atoms with van der Waals surface area (Å²) in [7, 11) is 1.56. The van der Waals surface area contributed by atoms with E-state index in [1.54, 1.807) is 46.1 Å². The first-order valence-corrected chi connectivity index (χ1v) is 22.5. The van der Waals surface area contributed by atoms with Crippen LogP contribution in [0.15, 0.2) is 66.1 Å². The molecule has 4 N–H and O–H groups in total. The minimum absolute atomic E-state index is 0.00231. The average Bonchev–Trinajstić information content (AvgIpc) is 3.51. The zero-order valence-electron chi connectivity index (χ0n) is 36.8. The molecule has 0 spiro atoms. The predicted molar refractivity (Wildman–Crippen MR) is 239 cm³/mol. The number of nitrogens with zero attached hydrogens (tertiary/aromatic N) is 3. The summed E-state index contributed by atoms with van der Waals surface area (Å²) in [5, 5.41) is 22.4. The van der Waals surface area contributed by atoms with Crippen molar-refractivity contribution >= 4 is 57.0 Å². The van der Waals surface area contributed by atoms with Crippen molar-refractivity contribution in [2.45, 2.75) is 115 Å². The zero-order chi connectivity index (χ0) is 45.9. The Morgan fingerprint density at radius 1 is 1.03 bits per heavy atom. The SMILES string of the molecule is COc1ccc2c(O[C@@H]3C[C@H]4C(=O)N[C@]5(C(=O)O)CC5C=CCCCCC[C@H](NC(=O)O[C@H](C(=O)c5ccc(F)cc5)C(C)(C)C)C(=O)N4C3)cc(-c3csc(NC(C)C)n3)nc2c1. The third-order valence-corrected chi connectivity index (χ3v) is 12.5. The van der Waals surface area contributed by atoms with E-state index < -0.39 is 76.6 Å². The summed E-state index contributed by atoms with van der Waals surface area (Å²) >= 11 is 1.44. The van der Waals surface area contributed by atoms with Gasteiger partial charge >= 0.3 is 12.1 Å². The summed E-state index contributed by atoms with van der Waals surface area (Å²) in [6, 6.07) is 9.85. The third kappa shape index (κ3) is 10.3. The quantitative estimate of drug-likeness (QED) is 0.0853. The number of rotatable bonds is 11. The number of carboxylic acid groups (broad SMARTS) is 1. The molecule has 3 amide bonds. The van der Waals surface area contributed by atoms with Crippen molar-refractivity contribution in [2.24, 2.45) is 11.3 Å². The highest BCUT2D eigenvalue weighted by atomic mass is 32.1. The van der Waals surface area contributed by atoms with Crippen LogP contribution in [0.4, 0.5) is 14.3 Å². The molecule has 7 rings (SSSR count). The lowest BCUT2D eigenvalue weighted by atomic mass is 9.84. The molecule has 0 radical (unpaired) electrons. The number of aromatic nitrogens is 2. The van der Waals surface area contributed by atoms with Gasteiger partial charge in [0, 0.05) is 52.3 Å². The number of carboxylic acids is 1. The van der Waals surface area contributed by atoms with Crippen LogP contribution in [0.2, 0.25) is 0 Å². The van der Waals surface area contributed by atoms with Gasteiger partial charge in [0.2, 0.25) is 17.6 Å². The predicted octanol–water partition coefficient (Wildman–Crippen LogP) is 7.55. The van der Waals surface area contributed by atoms with Crippen molar-refractivity contribution in [2.75, 3.05) is 19.0 Å². The number of thiazole rings is 1. The molecular formula is C47H55FN6O9S. The molecule has 4 heterocycles. The molecule has 0 bridgehead atoms. The lowest BCUT2D eigenvalue weighted by molar-refractivity contribution is -0.145. The first-order chi connectivity index (χ1) is 30.4. The molecule has 4 aromatic rings. The van der Waals surface area contributed by atoms with Crippen LogP contribution >= 0.6 is 11.3 Å². The van der Waals surface area contributed by atoms with Crippen LogP contribution in [0, 0.1) is 17.2 Å². The molecule has 1 aliphatic carbocycles. The number of halogens is 1. The minimum Gasteiger partial charge on any atom is -0.497 e. The number of carbonyl (C=O) groups excluding carboxylic acids is 4. The highest BCUT2D eigenvalue weighted by molar-refractivity contribution is 7.14. The van der Waals surface area contributed by atoms with Gasteiger partial charge in [-0.25, -0.2) is 23.9 Å². The van der Waals surface area contributed by atoms with Crippen molar-refractivity contribution in [3.63, 3.8) is 0 Å². The Kier molecular flexibility index (Phi) is 13.6. The fourth-order valence-electron chi connectivity index (χ4n) is 8.24. The van der Waals surface area contributed by atoms with Gasteiger partial charge < -0.3 is 40.2 Å². The maximum atomic E-state index is 14.9. The Morgan fingerprint density at radius 2 is 1.80 bits per heavy atom. The smallest absolute Gasteiger partial charge is 0.408 e. The topological polar surface area (TPSA) is 198 Å². The molecular weight excluding hydrogens is 844 g/mol. The van der Waals surface area contributed by atoms with E-state index in [1.165, 1.54) is 28.4 Å². The molecule has 1 saturated carbocycles. The van der Waals surface area contributed by atoms with Gasteiger partial charge in [0.1, 0.15) is 46.7 Å². The maximum absolute atomic E-state index is 14.9. The molecule has 1 saturated heterocycles. The van der Waals surface area contributed by atoms with Crippen molar-refractivity contribution < 1.29 is 47.7 Å². The van der Waals surface area contributed by atoms with Crippen LogP contribution < -0.4 is 25.4 Å².